The molecule has 0 saturated heterocycles. The number of allylic oxidation sites excluding steroid dienone is 1. The maximum absolute atomic E-state index is 2.54. The lowest BCUT2D eigenvalue weighted by atomic mass is 9.90. The van der Waals surface area contributed by atoms with Crippen LogP contribution in [0.5, 0.6) is 0 Å². The summed E-state index contributed by atoms with van der Waals surface area (Å²) in [4.78, 5) is 7.53. The second-order valence-electron chi connectivity index (χ2n) is 18.1. The van der Waals surface area contributed by atoms with Crippen molar-refractivity contribution in [2.75, 3.05) is 9.80 Å². The normalized spacial score (nSPS) is 14.1. The summed E-state index contributed by atoms with van der Waals surface area (Å²) in [6.45, 7) is 0. The third-order valence-corrected chi connectivity index (χ3v) is 15.4. The van der Waals surface area contributed by atoms with E-state index >= 15 is 0 Å². The second-order valence-corrected chi connectivity index (χ2v) is 19.1. The lowest BCUT2D eigenvalue weighted by Gasteiger charge is -2.36. The molecule has 12 aromatic rings. The minimum Gasteiger partial charge on any atom is -0.311 e. The quantitative estimate of drug-likeness (QED) is 0.148. The SMILES string of the molecule is c1ccc(-c2ccc(N(c3ccc(-n4c5ccccc5c5ccccc54)cc3)c3ccc4c(ccc5cc(N6C7=C(Sc8ccccc86)c6ccccc6[C@H]7c6ccccc6)ccc54)c3)cc2)cc1. The van der Waals surface area contributed by atoms with Crippen molar-refractivity contribution in [1.29, 1.82) is 0 Å². The predicted molar refractivity (Wildman–Crippen MR) is 292 cm³/mol. The van der Waals surface area contributed by atoms with E-state index < -0.39 is 0 Å². The highest BCUT2D eigenvalue weighted by Gasteiger charge is 2.40. The zero-order chi connectivity index (χ0) is 45.4. The highest BCUT2D eigenvalue weighted by atomic mass is 32.2. The maximum Gasteiger partial charge on any atom is 0.0598 e. The largest absolute Gasteiger partial charge is 0.311 e. The monoisotopic (exact) mass is 897 g/mol. The molecule has 0 fully saturated rings. The lowest BCUT2D eigenvalue weighted by molar-refractivity contribution is 0.924. The molecule has 1 aliphatic heterocycles. The van der Waals surface area contributed by atoms with Crippen molar-refractivity contribution in [1.82, 2.24) is 4.57 Å². The topological polar surface area (TPSA) is 11.4 Å². The van der Waals surface area contributed by atoms with E-state index in [4.69, 9.17) is 0 Å². The van der Waals surface area contributed by atoms with Crippen molar-refractivity contribution in [3.63, 3.8) is 0 Å². The molecule has 0 amide bonds. The molecule has 1 atom stereocenters. The van der Waals surface area contributed by atoms with Gasteiger partial charge in [-0.05, 0) is 134 Å². The molecule has 69 heavy (non-hydrogen) atoms. The van der Waals surface area contributed by atoms with Gasteiger partial charge in [0.05, 0.1) is 22.6 Å². The maximum atomic E-state index is 2.54. The van der Waals surface area contributed by atoms with Gasteiger partial charge in [0.25, 0.3) is 0 Å². The summed E-state index contributed by atoms with van der Waals surface area (Å²) >= 11 is 1.91. The predicted octanol–water partition coefficient (Wildman–Crippen LogP) is 18.0. The van der Waals surface area contributed by atoms with Crippen LogP contribution in [0.2, 0.25) is 0 Å². The van der Waals surface area contributed by atoms with Gasteiger partial charge in [0.1, 0.15) is 0 Å². The fourth-order valence-electron chi connectivity index (χ4n) is 11.1. The summed E-state index contributed by atoms with van der Waals surface area (Å²) in [5.74, 6) is 0.117. The Morgan fingerprint density at radius 1 is 0.391 bits per heavy atom. The van der Waals surface area contributed by atoms with Gasteiger partial charge in [-0.3, -0.25) is 0 Å². The lowest BCUT2D eigenvalue weighted by Crippen LogP contribution is -2.23. The average Bonchev–Trinajstić information content (AvgIpc) is 3.93. The van der Waals surface area contributed by atoms with Gasteiger partial charge >= 0.3 is 0 Å². The number of thioether (sulfide) groups is 1. The van der Waals surface area contributed by atoms with Crippen molar-refractivity contribution >= 4 is 88.5 Å². The van der Waals surface area contributed by atoms with E-state index in [2.05, 4.69) is 269 Å². The van der Waals surface area contributed by atoms with Gasteiger partial charge in [-0.15, -0.1) is 0 Å². The van der Waals surface area contributed by atoms with Crippen molar-refractivity contribution in [2.24, 2.45) is 0 Å². The first-order valence-electron chi connectivity index (χ1n) is 23.7. The van der Waals surface area contributed by atoms with E-state index in [0.717, 1.165) is 22.7 Å². The smallest absolute Gasteiger partial charge is 0.0598 e. The van der Waals surface area contributed by atoms with Gasteiger partial charge in [0, 0.05) is 54.7 Å². The molecule has 14 rings (SSSR count). The Kier molecular flexibility index (Phi) is 9.21. The van der Waals surface area contributed by atoms with Crippen LogP contribution in [0.4, 0.5) is 28.4 Å². The molecule has 11 aromatic carbocycles. The van der Waals surface area contributed by atoms with Crippen LogP contribution < -0.4 is 9.80 Å². The minimum atomic E-state index is 0.117. The van der Waals surface area contributed by atoms with Crippen LogP contribution in [0.3, 0.4) is 0 Å². The molecular weight excluding hydrogens is 855 g/mol. The molecule has 1 aromatic heterocycles. The van der Waals surface area contributed by atoms with Crippen LogP contribution in [-0.2, 0) is 0 Å². The number of rotatable bonds is 7. The van der Waals surface area contributed by atoms with E-state index in [0.29, 0.717) is 0 Å². The number of anilines is 5. The molecule has 0 spiro atoms. The molecule has 0 saturated carbocycles. The summed E-state index contributed by atoms with van der Waals surface area (Å²) < 4.78 is 2.38. The molecular formula is C65H43N3S. The molecule has 2 aliphatic rings. The summed E-state index contributed by atoms with van der Waals surface area (Å²) in [7, 11) is 0. The minimum absolute atomic E-state index is 0.117. The van der Waals surface area contributed by atoms with Crippen molar-refractivity contribution in [3.05, 3.63) is 277 Å². The number of hydrogen-bond acceptors (Lipinski definition) is 3. The number of benzene rings is 11. The highest BCUT2D eigenvalue weighted by Crippen LogP contribution is 2.60. The van der Waals surface area contributed by atoms with E-state index in [-0.39, 0.29) is 5.92 Å². The zero-order valence-corrected chi connectivity index (χ0v) is 38.4. The molecule has 0 bridgehead atoms. The van der Waals surface area contributed by atoms with Crippen LogP contribution in [0.15, 0.2) is 265 Å². The van der Waals surface area contributed by atoms with E-state index in [9.17, 15) is 0 Å². The Balaban J connectivity index is 0.873. The van der Waals surface area contributed by atoms with Crippen LogP contribution >= 0.6 is 11.8 Å². The van der Waals surface area contributed by atoms with Crippen molar-refractivity contribution in [3.8, 4) is 16.8 Å². The molecule has 324 valence electrons. The zero-order valence-electron chi connectivity index (χ0n) is 37.6. The highest BCUT2D eigenvalue weighted by molar-refractivity contribution is 8.08. The Labute approximate surface area is 405 Å². The fourth-order valence-corrected chi connectivity index (χ4v) is 12.3. The number of fused-ring (bicyclic) bond motifs is 9. The third kappa shape index (κ3) is 6.44. The molecule has 0 unspecified atom stereocenters. The van der Waals surface area contributed by atoms with Crippen LogP contribution in [0.25, 0.3) is 65.1 Å². The fraction of sp³-hybridized carbons (Fsp3) is 0.0154. The molecule has 3 nitrogen and oxygen atoms in total. The van der Waals surface area contributed by atoms with E-state index in [1.165, 1.54) is 98.0 Å². The first kappa shape index (κ1) is 39.6. The Hall–Kier alpha value is -8.57. The van der Waals surface area contributed by atoms with Crippen LogP contribution in [0, 0.1) is 0 Å². The third-order valence-electron chi connectivity index (χ3n) is 14.2. The number of para-hydroxylation sites is 3. The molecule has 0 N–H and O–H groups in total. The number of hydrogen-bond donors (Lipinski definition) is 0. The van der Waals surface area contributed by atoms with Crippen molar-refractivity contribution < 1.29 is 0 Å². The molecule has 1 aliphatic carbocycles. The number of nitrogens with zero attached hydrogens (tertiary/aromatic N) is 3. The standard InChI is InChI=1S/C65H43N3S/c1-3-15-43(16-4-1)44-29-31-48(32-30-44)66(49-33-35-50(36-34-49)67-59-23-11-9-19-55(59)56-20-10-12-24-60(56)67)51-37-39-53-46(41-51)27-28-47-42-52(38-40-54(47)53)68-61-25-13-14-26-62(61)69-65-58-22-8-7-21-57(58)63(64(65)68)45-17-5-2-6-18-45/h1-42,63H/t63-/m1/s1. The van der Waals surface area contributed by atoms with Gasteiger partial charge in [-0.25, -0.2) is 0 Å². The number of aromatic nitrogens is 1. The second kappa shape index (κ2) is 16.1. The van der Waals surface area contributed by atoms with Crippen molar-refractivity contribution in [2.45, 2.75) is 10.8 Å². The average molecular weight is 898 g/mol. The first-order valence-corrected chi connectivity index (χ1v) is 24.5. The Bertz CT molecular complexity index is 3930. The molecule has 0 radical (unpaired) electrons. The Morgan fingerprint density at radius 3 is 1.68 bits per heavy atom. The van der Waals surface area contributed by atoms with Gasteiger partial charge in [0.2, 0.25) is 0 Å². The van der Waals surface area contributed by atoms with E-state index in [1.54, 1.807) is 0 Å². The summed E-state index contributed by atoms with van der Waals surface area (Å²) in [6, 6.07) is 93.5. The summed E-state index contributed by atoms with van der Waals surface area (Å²) in [5, 5.41) is 7.40. The van der Waals surface area contributed by atoms with E-state index in [1.807, 2.05) is 11.8 Å². The van der Waals surface area contributed by atoms with Gasteiger partial charge in [-0.1, -0.05) is 182 Å². The van der Waals surface area contributed by atoms with Gasteiger partial charge in [-0.2, -0.15) is 0 Å². The van der Waals surface area contributed by atoms with Crippen LogP contribution in [0.1, 0.15) is 22.6 Å². The van der Waals surface area contributed by atoms with Gasteiger partial charge < -0.3 is 14.4 Å². The first-order chi connectivity index (χ1) is 34.2. The molecule has 2 heterocycles. The summed E-state index contributed by atoms with van der Waals surface area (Å²) in [6.07, 6.45) is 0. The van der Waals surface area contributed by atoms with Crippen LogP contribution in [-0.4, -0.2) is 4.57 Å². The summed E-state index contributed by atoms with van der Waals surface area (Å²) in [5.41, 5.74) is 16.9. The van der Waals surface area contributed by atoms with Gasteiger partial charge in [0.15, 0.2) is 0 Å². The Morgan fingerprint density at radius 2 is 0.942 bits per heavy atom. The molecule has 4 heteroatoms.